The second kappa shape index (κ2) is 7.15. The summed E-state index contributed by atoms with van der Waals surface area (Å²) in [7, 11) is 0. The zero-order valence-electron chi connectivity index (χ0n) is 11.7. The van der Waals surface area contributed by atoms with Crippen molar-refractivity contribution in [2.75, 3.05) is 5.32 Å². The van der Waals surface area contributed by atoms with Gasteiger partial charge in [0.25, 0.3) is 0 Å². The Labute approximate surface area is 121 Å². The van der Waals surface area contributed by atoms with E-state index in [9.17, 15) is 0 Å². The van der Waals surface area contributed by atoms with E-state index in [1.807, 2.05) is 36.4 Å². The number of hydrogen-bond donors (Lipinski definition) is 1. The fourth-order valence-electron chi connectivity index (χ4n) is 1.98. The summed E-state index contributed by atoms with van der Waals surface area (Å²) in [4.78, 5) is 0. The Balaban J connectivity index is 2.28. The minimum Gasteiger partial charge on any atom is -0.355 e. The summed E-state index contributed by atoms with van der Waals surface area (Å²) in [5, 5.41) is 3.46. The molecule has 2 aromatic carbocycles. The van der Waals surface area contributed by atoms with Crippen LogP contribution in [0.1, 0.15) is 12.5 Å². The van der Waals surface area contributed by atoms with Crippen molar-refractivity contribution in [3.05, 3.63) is 91.0 Å². The molecule has 0 atom stereocenters. The first-order valence-corrected chi connectivity index (χ1v) is 6.68. The van der Waals surface area contributed by atoms with Gasteiger partial charge in [-0.2, -0.15) is 0 Å². The minimum atomic E-state index is 1.09. The van der Waals surface area contributed by atoms with Gasteiger partial charge >= 0.3 is 0 Å². The van der Waals surface area contributed by atoms with E-state index in [1.165, 1.54) is 11.1 Å². The fourth-order valence-corrected chi connectivity index (χ4v) is 1.98. The molecule has 2 aromatic rings. The van der Waals surface area contributed by atoms with Crippen LogP contribution >= 0.6 is 0 Å². The highest BCUT2D eigenvalue weighted by Gasteiger charge is 2.03. The van der Waals surface area contributed by atoms with Gasteiger partial charge in [0.2, 0.25) is 0 Å². The summed E-state index contributed by atoms with van der Waals surface area (Å²) in [6, 6.07) is 18.5. The van der Waals surface area contributed by atoms with Crippen LogP contribution < -0.4 is 5.32 Å². The molecule has 0 heterocycles. The first-order valence-electron chi connectivity index (χ1n) is 6.68. The molecule has 2 rings (SSSR count). The van der Waals surface area contributed by atoms with Crippen LogP contribution in [0.25, 0.3) is 5.57 Å². The van der Waals surface area contributed by atoms with E-state index in [0.29, 0.717) is 0 Å². The molecule has 0 aliphatic carbocycles. The summed E-state index contributed by atoms with van der Waals surface area (Å²) in [5.41, 5.74) is 4.61. The lowest BCUT2D eigenvalue weighted by molar-refractivity contribution is 1.50. The Morgan fingerprint density at radius 3 is 2.40 bits per heavy atom. The van der Waals surface area contributed by atoms with E-state index < -0.39 is 0 Å². The Bertz CT molecular complexity index is 621. The maximum atomic E-state index is 3.68. The van der Waals surface area contributed by atoms with Crippen LogP contribution in [0.2, 0.25) is 0 Å². The molecule has 0 bridgehead atoms. The van der Waals surface area contributed by atoms with Crippen molar-refractivity contribution in [3.8, 4) is 0 Å². The normalized spacial score (nSPS) is 11.6. The summed E-state index contributed by atoms with van der Waals surface area (Å²) in [6.45, 7) is 5.79. The molecule has 0 fully saturated rings. The first kappa shape index (κ1) is 13.9. The van der Waals surface area contributed by atoms with Gasteiger partial charge in [0.1, 0.15) is 0 Å². The van der Waals surface area contributed by atoms with E-state index in [0.717, 1.165) is 11.4 Å². The molecule has 0 unspecified atom stereocenters. The van der Waals surface area contributed by atoms with Crippen LogP contribution in [0.3, 0.4) is 0 Å². The van der Waals surface area contributed by atoms with E-state index in [2.05, 4.69) is 55.2 Å². The molecule has 20 heavy (non-hydrogen) atoms. The molecule has 0 saturated heterocycles. The van der Waals surface area contributed by atoms with E-state index in [1.54, 1.807) is 6.08 Å². The smallest absolute Gasteiger partial charge is 0.0460 e. The molecule has 0 spiro atoms. The van der Waals surface area contributed by atoms with E-state index >= 15 is 0 Å². The molecule has 1 heteroatoms. The lowest BCUT2D eigenvalue weighted by Gasteiger charge is -2.12. The number of para-hydroxylation sites is 2. The third kappa shape index (κ3) is 3.72. The lowest BCUT2D eigenvalue weighted by Crippen LogP contribution is -1.94. The third-order valence-corrected chi connectivity index (χ3v) is 3.00. The van der Waals surface area contributed by atoms with Crippen LogP contribution in [0.5, 0.6) is 0 Å². The monoisotopic (exact) mass is 261 g/mol. The van der Waals surface area contributed by atoms with Crippen molar-refractivity contribution in [2.24, 2.45) is 0 Å². The summed E-state index contributed by atoms with van der Waals surface area (Å²) < 4.78 is 0. The van der Waals surface area contributed by atoms with Crippen LogP contribution in [0, 0.1) is 0 Å². The van der Waals surface area contributed by atoms with Gasteiger partial charge in [-0.05, 0) is 30.7 Å². The Hall–Kier alpha value is -2.54. The number of rotatable bonds is 5. The molecule has 0 aromatic heterocycles. The lowest BCUT2D eigenvalue weighted by atomic mass is 10.0. The molecular formula is C19H19N. The maximum Gasteiger partial charge on any atom is 0.0460 e. The number of nitrogens with one attached hydrogen (secondary N) is 1. The highest BCUT2D eigenvalue weighted by Crippen LogP contribution is 2.26. The van der Waals surface area contributed by atoms with Gasteiger partial charge in [0, 0.05) is 16.9 Å². The van der Waals surface area contributed by atoms with Crippen LogP contribution in [-0.2, 0) is 0 Å². The fraction of sp³-hybridized carbons (Fsp3) is 0.0526. The summed E-state index contributed by atoms with van der Waals surface area (Å²) >= 11 is 0. The molecule has 1 N–H and O–H groups in total. The van der Waals surface area contributed by atoms with Crippen molar-refractivity contribution >= 4 is 16.9 Å². The Morgan fingerprint density at radius 1 is 0.950 bits per heavy atom. The van der Waals surface area contributed by atoms with Crippen molar-refractivity contribution in [3.63, 3.8) is 0 Å². The largest absolute Gasteiger partial charge is 0.355 e. The van der Waals surface area contributed by atoms with Gasteiger partial charge < -0.3 is 5.32 Å². The zero-order valence-corrected chi connectivity index (χ0v) is 11.7. The quantitative estimate of drug-likeness (QED) is 0.693. The van der Waals surface area contributed by atoms with Gasteiger partial charge in [0.05, 0.1) is 0 Å². The van der Waals surface area contributed by atoms with Crippen LogP contribution in [-0.4, -0.2) is 0 Å². The van der Waals surface area contributed by atoms with Crippen LogP contribution in [0.4, 0.5) is 11.4 Å². The second-order valence-electron chi connectivity index (χ2n) is 4.51. The SMILES string of the molecule is C=C/C=C\C=C(/C)c1ccccc1Nc1ccccc1. The summed E-state index contributed by atoms with van der Waals surface area (Å²) in [6.07, 6.45) is 7.80. The minimum absolute atomic E-state index is 1.09. The Kier molecular flexibility index (Phi) is 4.96. The predicted octanol–water partition coefficient (Wildman–Crippen LogP) is 5.58. The van der Waals surface area contributed by atoms with Gasteiger partial charge in [0.15, 0.2) is 0 Å². The van der Waals surface area contributed by atoms with Gasteiger partial charge in [-0.15, -0.1) is 0 Å². The zero-order chi connectivity index (χ0) is 14.2. The molecule has 0 amide bonds. The molecule has 100 valence electrons. The van der Waals surface area contributed by atoms with E-state index in [4.69, 9.17) is 0 Å². The number of benzene rings is 2. The topological polar surface area (TPSA) is 12.0 Å². The van der Waals surface area contributed by atoms with Crippen LogP contribution in [0.15, 0.2) is 85.5 Å². The average molecular weight is 261 g/mol. The van der Waals surface area contributed by atoms with E-state index in [-0.39, 0.29) is 0 Å². The Morgan fingerprint density at radius 2 is 1.65 bits per heavy atom. The van der Waals surface area contributed by atoms with Gasteiger partial charge in [-0.1, -0.05) is 67.3 Å². The highest BCUT2D eigenvalue weighted by atomic mass is 14.9. The van der Waals surface area contributed by atoms with Crippen molar-refractivity contribution in [2.45, 2.75) is 6.92 Å². The van der Waals surface area contributed by atoms with Crippen molar-refractivity contribution < 1.29 is 0 Å². The predicted molar refractivity (Wildman–Crippen MR) is 89.2 cm³/mol. The molecule has 1 nitrogen and oxygen atoms in total. The number of anilines is 2. The molecular weight excluding hydrogens is 242 g/mol. The molecule has 0 aliphatic heterocycles. The summed E-state index contributed by atoms with van der Waals surface area (Å²) in [5.74, 6) is 0. The van der Waals surface area contributed by atoms with Gasteiger partial charge in [-0.3, -0.25) is 0 Å². The molecule has 0 saturated carbocycles. The maximum absolute atomic E-state index is 3.68. The van der Waals surface area contributed by atoms with Gasteiger partial charge in [-0.25, -0.2) is 0 Å². The number of hydrogen-bond acceptors (Lipinski definition) is 1. The number of allylic oxidation sites excluding steroid dienone is 5. The first-order chi connectivity index (χ1) is 9.81. The average Bonchev–Trinajstić information content (AvgIpc) is 2.49. The standard InChI is InChI=1S/C19H19N/c1-3-4-6-11-16(2)18-14-9-10-15-19(18)20-17-12-7-5-8-13-17/h3-15,20H,1H2,2H3/b6-4-,16-11+. The van der Waals surface area contributed by atoms with Crippen molar-refractivity contribution in [1.29, 1.82) is 0 Å². The third-order valence-electron chi connectivity index (χ3n) is 3.00. The van der Waals surface area contributed by atoms with Crippen molar-refractivity contribution in [1.82, 2.24) is 0 Å². The molecule has 0 aliphatic rings. The second-order valence-corrected chi connectivity index (χ2v) is 4.51. The highest BCUT2D eigenvalue weighted by molar-refractivity contribution is 5.78. The molecule has 0 radical (unpaired) electrons.